The van der Waals surface area contributed by atoms with E-state index in [9.17, 15) is 9.90 Å². The third-order valence-corrected chi connectivity index (χ3v) is 5.59. The Hall–Kier alpha value is -3.65. The number of nitrogens with one attached hydrogen (secondary N) is 2. The van der Waals surface area contributed by atoms with Gasteiger partial charge in [-0.15, -0.1) is 0 Å². The molecule has 8 nitrogen and oxygen atoms in total. The van der Waals surface area contributed by atoms with Crippen molar-refractivity contribution in [2.24, 2.45) is 0 Å². The monoisotopic (exact) mass is 420 g/mol. The summed E-state index contributed by atoms with van der Waals surface area (Å²) in [7, 11) is 1.61. The Morgan fingerprint density at radius 2 is 2.06 bits per heavy atom. The summed E-state index contributed by atoms with van der Waals surface area (Å²) >= 11 is 0. The van der Waals surface area contributed by atoms with Crippen molar-refractivity contribution >= 4 is 17.0 Å². The Balaban J connectivity index is 1.81. The van der Waals surface area contributed by atoms with E-state index in [0.717, 1.165) is 11.3 Å². The number of carbonyl (C=O) groups excluding carboxylic acids is 1. The summed E-state index contributed by atoms with van der Waals surface area (Å²) in [6, 6.07) is 12.9. The van der Waals surface area contributed by atoms with E-state index >= 15 is 0 Å². The molecule has 4 aromatic rings. The molecule has 4 rings (SSSR count). The van der Waals surface area contributed by atoms with Crippen LogP contribution in [0.1, 0.15) is 36.3 Å². The molecular formula is C23H24N4O4. The van der Waals surface area contributed by atoms with Gasteiger partial charge in [-0.3, -0.25) is 4.79 Å². The molecule has 0 aliphatic carbocycles. The number of rotatable bonds is 7. The second-order valence-electron chi connectivity index (χ2n) is 7.32. The molecule has 3 N–H and O–H groups in total. The van der Waals surface area contributed by atoms with Crippen LogP contribution in [0.4, 0.5) is 0 Å². The molecule has 0 bridgehead atoms. The Morgan fingerprint density at radius 3 is 2.68 bits per heavy atom. The maximum absolute atomic E-state index is 12.8. The lowest BCUT2D eigenvalue weighted by Crippen LogP contribution is -2.53. The van der Waals surface area contributed by atoms with Gasteiger partial charge in [0.25, 0.3) is 5.91 Å². The molecule has 2 aromatic carbocycles. The molecule has 0 radical (unpaired) electrons. The highest BCUT2D eigenvalue weighted by atomic mass is 16.5. The van der Waals surface area contributed by atoms with Crippen LogP contribution in [0, 0.1) is 0 Å². The van der Waals surface area contributed by atoms with E-state index in [4.69, 9.17) is 14.1 Å². The number of aliphatic hydroxyl groups is 1. The quantitative estimate of drug-likeness (QED) is 0.421. The van der Waals surface area contributed by atoms with E-state index in [1.54, 1.807) is 14.0 Å². The second kappa shape index (κ2) is 8.23. The summed E-state index contributed by atoms with van der Waals surface area (Å²) < 4.78 is 11.2. The van der Waals surface area contributed by atoms with E-state index in [1.165, 1.54) is 12.5 Å². The van der Waals surface area contributed by atoms with Gasteiger partial charge >= 0.3 is 0 Å². The molecule has 0 fully saturated rings. The average Bonchev–Trinajstić information content (AvgIpc) is 3.47. The number of aromatic amines is 1. The smallest absolute Gasteiger partial charge is 0.270 e. The normalized spacial score (nSPS) is 14.2. The van der Waals surface area contributed by atoms with Crippen molar-refractivity contribution in [2.45, 2.75) is 31.9 Å². The Labute approximate surface area is 179 Å². The summed E-state index contributed by atoms with van der Waals surface area (Å²) in [5.41, 5.74) is 1.86. The van der Waals surface area contributed by atoms with Crippen LogP contribution in [-0.4, -0.2) is 39.2 Å². The summed E-state index contributed by atoms with van der Waals surface area (Å²) in [6.45, 7) is 3.56. The summed E-state index contributed by atoms with van der Waals surface area (Å²) in [6.07, 6.45) is 2.42. The van der Waals surface area contributed by atoms with Gasteiger partial charge in [0.05, 0.1) is 31.3 Å². The van der Waals surface area contributed by atoms with E-state index in [0.29, 0.717) is 34.7 Å². The molecule has 0 spiro atoms. The Bertz CT molecular complexity index is 1180. The largest absolute Gasteiger partial charge is 0.497 e. The number of aromatic nitrogens is 3. The number of fused-ring (bicyclic) bond motifs is 1. The van der Waals surface area contributed by atoms with E-state index in [1.807, 2.05) is 49.4 Å². The first-order chi connectivity index (χ1) is 15.0. The number of benzene rings is 2. The Morgan fingerprint density at radius 1 is 1.29 bits per heavy atom. The molecule has 0 unspecified atom stereocenters. The van der Waals surface area contributed by atoms with Crippen LogP contribution in [0.2, 0.25) is 0 Å². The van der Waals surface area contributed by atoms with Crippen LogP contribution >= 0.6 is 0 Å². The zero-order chi connectivity index (χ0) is 22.0. The molecule has 2 heterocycles. The Kier molecular flexibility index (Phi) is 5.48. The summed E-state index contributed by atoms with van der Waals surface area (Å²) in [5.74, 6) is 0.817. The number of oxazole rings is 1. The van der Waals surface area contributed by atoms with Crippen LogP contribution in [0.5, 0.6) is 5.75 Å². The molecule has 0 saturated heterocycles. The lowest BCUT2D eigenvalue weighted by atomic mass is 9.81. The number of hydrogen-bond acceptors (Lipinski definition) is 6. The molecule has 2 aromatic heterocycles. The van der Waals surface area contributed by atoms with Crippen LogP contribution in [-0.2, 0) is 5.54 Å². The first-order valence-corrected chi connectivity index (χ1v) is 10.0. The number of nitrogens with zero attached hydrogens (tertiary/aromatic N) is 2. The number of aliphatic hydroxyl groups excluding tert-OH is 1. The topological polar surface area (TPSA) is 113 Å². The fraction of sp³-hybridized carbons (Fsp3) is 0.261. The summed E-state index contributed by atoms with van der Waals surface area (Å²) in [5, 5.41) is 13.8. The molecule has 31 heavy (non-hydrogen) atoms. The highest BCUT2D eigenvalue weighted by Crippen LogP contribution is 2.36. The van der Waals surface area contributed by atoms with Gasteiger partial charge in [0.1, 0.15) is 17.0 Å². The van der Waals surface area contributed by atoms with Crippen molar-refractivity contribution in [3.63, 3.8) is 0 Å². The highest BCUT2D eigenvalue weighted by molar-refractivity contribution is 5.93. The predicted molar refractivity (Wildman–Crippen MR) is 116 cm³/mol. The van der Waals surface area contributed by atoms with Crippen molar-refractivity contribution in [3.05, 3.63) is 66.2 Å². The van der Waals surface area contributed by atoms with Gasteiger partial charge < -0.3 is 24.6 Å². The molecule has 8 heteroatoms. The van der Waals surface area contributed by atoms with Gasteiger partial charge in [-0.25, -0.2) is 9.97 Å². The number of amides is 1. The average molecular weight is 420 g/mol. The molecular weight excluding hydrogens is 396 g/mol. The van der Waals surface area contributed by atoms with Gasteiger partial charge in [-0.2, -0.15) is 0 Å². The maximum Gasteiger partial charge on any atom is 0.270 e. The number of methoxy groups -OCH3 is 1. The fourth-order valence-electron chi connectivity index (χ4n) is 3.79. The SMILES string of the molecule is CC[C@@](NC(=O)c1cnc[nH]1)(c1cccc2oc(-c3ccc(OC)cc3)nc12)[C@H](C)O. The minimum atomic E-state index is -1.07. The second-order valence-corrected chi connectivity index (χ2v) is 7.32. The first-order valence-electron chi connectivity index (χ1n) is 10.0. The number of ether oxygens (including phenoxy) is 1. The van der Waals surface area contributed by atoms with E-state index in [-0.39, 0.29) is 5.91 Å². The van der Waals surface area contributed by atoms with Gasteiger partial charge in [0, 0.05) is 11.1 Å². The fourth-order valence-corrected chi connectivity index (χ4v) is 3.79. The predicted octanol–water partition coefficient (Wildman–Crippen LogP) is 3.64. The zero-order valence-electron chi connectivity index (χ0n) is 17.5. The van der Waals surface area contributed by atoms with Crippen molar-refractivity contribution in [2.75, 3.05) is 7.11 Å². The number of para-hydroxylation sites is 1. The van der Waals surface area contributed by atoms with Crippen molar-refractivity contribution in [3.8, 4) is 17.2 Å². The third kappa shape index (κ3) is 3.66. The van der Waals surface area contributed by atoms with Crippen LogP contribution in [0.15, 0.2) is 59.4 Å². The van der Waals surface area contributed by atoms with Gasteiger partial charge in [0.2, 0.25) is 5.89 Å². The number of imidazole rings is 1. The van der Waals surface area contributed by atoms with Crippen LogP contribution in [0.25, 0.3) is 22.6 Å². The lowest BCUT2D eigenvalue weighted by molar-refractivity contribution is 0.0555. The number of H-pyrrole nitrogens is 1. The molecule has 0 aliphatic rings. The van der Waals surface area contributed by atoms with Crippen molar-refractivity contribution in [1.82, 2.24) is 20.3 Å². The van der Waals surface area contributed by atoms with Gasteiger partial charge in [0.15, 0.2) is 5.58 Å². The minimum Gasteiger partial charge on any atom is -0.497 e. The molecule has 1 amide bonds. The zero-order valence-corrected chi connectivity index (χ0v) is 17.5. The third-order valence-electron chi connectivity index (χ3n) is 5.59. The van der Waals surface area contributed by atoms with Gasteiger partial charge in [-0.1, -0.05) is 19.1 Å². The van der Waals surface area contributed by atoms with Crippen LogP contribution in [0.3, 0.4) is 0 Å². The molecule has 0 aliphatic heterocycles. The maximum atomic E-state index is 12.8. The lowest BCUT2D eigenvalue weighted by Gasteiger charge is -2.37. The van der Waals surface area contributed by atoms with Crippen molar-refractivity contribution in [1.29, 1.82) is 0 Å². The van der Waals surface area contributed by atoms with Crippen LogP contribution < -0.4 is 10.1 Å². The highest BCUT2D eigenvalue weighted by Gasteiger charge is 2.40. The van der Waals surface area contributed by atoms with E-state index < -0.39 is 11.6 Å². The van der Waals surface area contributed by atoms with E-state index in [2.05, 4.69) is 15.3 Å². The summed E-state index contributed by atoms with van der Waals surface area (Å²) in [4.78, 5) is 24.2. The number of carbonyl (C=O) groups is 1. The first kappa shape index (κ1) is 20.6. The molecule has 160 valence electrons. The minimum absolute atomic E-state index is 0.310. The standard InChI is InChI=1S/C23H24N4O4/c1-4-23(14(2)28,27-21(29)18-12-24-13-25-18)17-6-5-7-19-20(17)26-22(31-19)15-8-10-16(30-3)11-9-15/h5-14,28H,4H2,1-3H3,(H,24,25)(H,27,29)/t14-,23-/m0/s1. The van der Waals surface area contributed by atoms with Crippen molar-refractivity contribution < 1.29 is 19.1 Å². The molecule has 0 saturated carbocycles. The molecule has 2 atom stereocenters. The number of hydrogen-bond donors (Lipinski definition) is 3. The van der Waals surface area contributed by atoms with Gasteiger partial charge in [-0.05, 0) is 43.7 Å².